The standard InChI is InChI=1S/C13H5N/c1-3-7-12-10(5-1)9-11-6-2-4-8-13(11)14-12/h1-4,9H. The van der Waals surface area contributed by atoms with Gasteiger partial charge in [-0.25, -0.2) is 4.98 Å². The van der Waals surface area contributed by atoms with Gasteiger partial charge in [0.15, 0.2) is 0 Å². The van der Waals surface area contributed by atoms with Crippen molar-refractivity contribution in [3.05, 3.63) is 54.6 Å². The molecule has 3 aromatic rings. The van der Waals surface area contributed by atoms with Crippen LogP contribution < -0.4 is 0 Å². The van der Waals surface area contributed by atoms with Gasteiger partial charge in [0.25, 0.3) is 0 Å². The third-order valence-electron chi connectivity index (χ3n) is 2.11. The maximum atomic E-state index is 4.40. The van der Waals surface area contributed by atoms with Gasteiger partial charge in [-0.15, -0.1) is 0 Å². The molecule has 1 nitrogen and oxygen atoms in total. The second-order valence-corrected chi connectivity index (χ2v) is 3.02. The van der Waals surface area contributed by atoms with Gasteiger partial charge in [-0.1, -0.05) is 24.3 Å². The van der Waals surface area contributed by atoms with Crippen molar-refractivity contribution in [3.8, 4) is 0 Å². The molecule has 0 aliphatic carbocycles. The Labute approximate surface area is 82.0 Å². The van der Waals surface area contributed by atoms with Crippen molar-refractivity contribution in [2.45, 2.75) is 0 Å². The van der Waals surface area contributed by atoms with E-state index < -0.39 is 0 Å². The number of aromatic nitrogens is 1. The van der Waals surface area contributed by atoms with E-state index in [0.717, 1.165) is 21.8 Å². The van der Waals surface area contributed by atoms with Crippen molar-refractivity contribution in [2.75, 3.05) is 0 Å². The summed E-state index contributed by atoms with van der Waals surface area (Å²) in [6, 6.07) is 21.7. The second-order valence-electron chi connectivity index (χ2n) is 3.02. The molecule has 0 fully saturated rings. The fraction of sp³-hybridized carbons (Fsp3) is 0. The maximum absolute atomic E-state index is 4.40. The van der Waals surface area contributed by atoms with E-state index in [2.05, 4.69) is 29.2 Å². The van der Waals surface area contributed by atoms with Crippen LogP contribution in [0.1, 0.15) is 0 Å². The third kappa shape index (κ3) is 1.06. The second kappa shape index (κ2) is 2.81. The summed E-state index contributed by atoms with van der Waals surface area (Å²) >= 11 is 0. The normalized spacial score (nSPS) is 10.9. The lowest BCUT2D eigenvalue weighted by Gasteiger charge is -1.98. The van der Waals surface area contributed by atoms with Crippen LogP contribution in [0.15, 0.2) is 30.3 Å². The molecule has 4 radical (unpaired) electrons. The lowest BCUT2D eigenvalue weighted by Crippen LogP contribution is -1.82. The van der Waals surface area contributed by atoms with Crippen molar-refractivity contribution in [1.82, 2.24) is 4.98 Å². The van der Waals surface area contributed by atoms with Crippen LogP contribution in [0.4, 0.5) is 0 Å². The number of hydrogen-bond donors (Lipinski definition) is 0. The van der Waals surface area contributed by atoms with Gasteiger partial charge in [0.1, 0.15) is 0 Å². The molecule has 0 unspecified atom stereocenters. The Hall–Kier alpha value is -1.89. The Morgan fingerprint density at radius 1 is 0.714 bits per heavy atom. The molecule has 1 heterocycles. The first-order valence-electron chi connectivity index (χ1n) is 4.35. The van der Waals surface area contributed by atoms with Gasteiger partial charge in [-0.2, -0.15) is 0 Å². The molecule has 0 amide bonds. The molecule has 2 aromatic carbocycles. The SMILES string of the molecule is [c]1cc[c]c2nc3[c]cc[c]c3cc12. The Morgan fingerprint density at radius 3 is 1.79 bits per heavy atom. The Balaban J connectivity index is 2.52. The van der Waals surface area contributed by atoms with E-state index in [0.29, 0.717) is 0 Å². The summed E-state index contributed by atoms with van der Waals surface area (Å²) in [5.74, 6) is 0. The van der Waals surface area contributed by atoms with E-state index in [1.807, 2.05) is 30.3 Å². The van der Waals surface area contributed by atoms with Crippen LogP contribution in [-0.2, 0) is 0 Å². The van der Waals surface area contributed by atoms with Crippen LogP contribution in [0.5, 0.6) is 0 Å². The highest BCUT2D eigenvalue weighted by atomic mass is 14.7. The van der Waals surface area contributed by atoms with E-state index in [4.69, 9.17) is 0 Å². The van der Waals surface area contributed by atoms with E-state index in [1.54, 1.807) is 0 Å². The molecule has 0 bridgehead atoms. The summed E-state index contributed by atoms with van der Waals surface area (Å²) in [4.78, 5) is 4.40. The predicted octanol–water partition coefficient (Wildman–Crippen LogP) is 2.59. The highest BCUT2D eigenvalue weighted by Crippen LogP contribution is 2.17. The van der Waals surface area contributed by atoms with Gasteiger partial charge in [-0.05, 0) is 18.2 Å². The van der Waals surface area contributed by atoms with Crippen LogP contribution in [0.2, 0.25) is 0 Å². The number of fused-ring (bicyclic) bond motifs is 2. The quantitative estimate of drug-likeness (QED) is 0.478. The molecule has 62 valence electrons. The summed E-state index contributed by atoms with van der Waals surface area (Å²) in [7, 11) is 0. The number of rotatable bonds is 0. The molecular formula is C13H5N. The summed E-state index contributed by atoms with van der Waals surface area (Å²) in [5, 5.41) is 1.94. The van der Waals surface area contributed by atoms with Gasteiger partial charge < -0.3 is 0 Å². The monoisotopic (exact) mass is 175 g/mol. The van der Waals surface area contributed by atoms with Crippen LogP contribution in [-0.4, -0.2) is 4.98 Å². The first kappa shape index (κ1) is 7.51. The molecule has 1 heteroatoms. The summed E-state index contributed by atoms with van der Waals surface area (Å²) in [5.41, 5.74) is 1.66. The van der Waals surface area contributed by atoms with Gasteiger partial charge in [-0.3, -0.25) is 0 Å². The van der Waals surface area contributed by atoms with Gasteiger partial charge in [0, 0.05) is 22.9 Å². The van der Waals surface area contributed by atoms with E-state index >= 15 is 0 Å². The van der Waals surface area contributed by atoms with Crippen molar-refractivity contribution in [2.24, 2.45) is 0 Å². The lowest BCUT2D eigenvalue weighted by atomic mass is 10.1. The van der Waals surface area contributed by atoms with Crippen LogP contribution in [0.3, 0.4) is 0 Å². The average molecular weight is 175 g/mol. The molecule has 0 atom stereocenters. The molecule has 0 saturated heterocycles. The highest BCUT2D eigenvalue weighted by molar-refractivity contribution is 5.91. The zero-order valence-electron chi connectivity index (χ0n) is 7.33. The van der Waals surface area contributed by atoms with Gasteiger partial charge >= 0.3 is 0 Å². The van der Waals surface area contributed by atoms with E-state index in [9.17, 15) is 0 Å². The largest absolute Gasteiger partial charge is 0.246 e. The van der Waals surface area contributed by atoms with Crippen molar-refractivity contribution in [1.29, 1.82) is 0 Å². The van der Waals surface area contributed by atoms with E-state index in [-0.39, 0.29) is 0 Å². The first-order valence-corrected chi connectivity index (χ1v) is 4.35. The molecule has 0 N–H and O–H groups in total. The smallest absolute Gasteiger partial charge is 0.0795 e. The minimum atomic E-state index is 0.829. The minimum Gasteiger partial charge on any atom is -0.246 e. The van der Waals surface area contributed by atoms with Gasteiger partial charge in [0.2, 0.25) is 0 Å². The third-order valence-corrected chi connectivity index (χ3v) is 2.11. The first-order chi connectivity index (χ1) is 6.93. The van der Waals surface area contributed by atoms with Crippen LogP contribution in [0, 0.1) is 24.3 Å². The summed E-state index contributed by atoms with van der Waals surface area (Å²) < 4.78 is 0. The van der Waals surface area contributed by atoms with E-state index in [1.165, 1.54) is 0 Å². The zero-order chi connectivity index (χ0) is 9.38. The molecule has 0 spiro atoms. The van der Waals surface area contributed by atoms with Crippen molar-refractivity contribution < 1.29 is 0 Å². The molecule has 0 aliphatic rings. The number of hydrogen-bond acceptors (Lipinski definition) is 1. The predicted molar refractivity (Wildman–Crippen MR) is 54.6 cm³/mol. The number of benzene rings is 2. The Bertz CT molecular complexity index is 494. The molecule has 0 aliphatic heterocycles. The molecule has 14 heavy (non-hydrogen) atoms. The lowest BCUT2D eigenvalue weighted by molar-refractivity contribution is 1.48. The molecule has 0 saturated carbocycles. The topological polar surface area (TPSA) is 12.9 Å². The average Bonchev–Trinajstić information content (AvgIpc) is 2.26. The number of nitrogens with zero attached hydrogens (tertiary/aromatic N) is 1. The highest BCUT2D eigenvalue weighted by Gasteiger charge is 1.98. The molecule has 3 rings (SSSR count). The van der Waals surface area contributed by atoms with Gasteiger partial charge in [0.05, 0.1) is 11.0 Å². The van der Waals surface area contributed by atoms with Crippen LogP contribution in [0.25, 0.3) is 21.8 Å². The maximum Gasteiger partial charge on any atom is 0.0795 e. The molecular weight excluding hydrogens is 170 g/mol. The fourth-order valence-electron chi connectivity index (χ4n) is 1.46. The number of pyridine rings is 1. The summed E-state index contributed by atoms with van der Waals surface area (Å²) in [6.45, 7) is 0. The Kier molecular flexibility index (Phi) is 1.51. The summed E-state index contributed by atoms with van der Waals surface area (Å²) in [6.07, 6.45) is 0. The minimum absolute atomic E-state index is 0.829. The van der Waals surface area contributed by atoms with Crippen molar-refractivity contribution in [3.63, 3.8) is 0 Å². The zero-order valence-corrected chi connectivity index (χ0v) is 7.33. The Morgan fingerprint density at radius 2 is 1.21 bits per heavy atom. The molecule has 1 aromatic heterocycles. The van der Waals surface area contributed by atoms with Crippen molar-refractivity contribution >= 4 is 21.8 Å². The fourth-order valence-corrected chi connectivity index (χ4v) is 1.46. The van der Waals surface area contributed by atoms with Crippen LogP contribution >= 0.6 is 0 Å².